The van der Waals surface area contributed by atoms with E-state index in [1.807, 2.05) is 13.8 Å². The average molecular weight is 535 g/mol. The molecule has 0 saturated heterocycles. The lowest BCUT2D eigenvalue weighted by Gasteiger charge is -2.12. The Labute approximate surface area is 185 Å². The van der Waals surface area contributed by atoms with Gasteiger partial charge < -0.3 is 9.47 Å². The maximum atomic E-state index is 12.2. The van der Waals surface area contributed by atoms with Gasteiger partial charge in [0.15, 0.2) is 6.61 Å². The van der Waals surface area contributed by atoms with Crippen LogP contribution in [-0.2, 0) is 4.79 Å². The van der Waals surface area contributed by atoms with Gasteiger partial charge in [0.05, 0.1) is 15.6 Å². The van der Waals surface area contributed by atoms with Crippen molar-refractivity contribution >= 4 is 55.3 Å². The molecule has 2 aromatic carbocycles. The predicted octanol–water partition coefficient (Wildman–Crippen LogP) is 4.74. The SMILES string of the molecule is CC(C)COc1ccc(C(=O)NNC(=O)COc2ccc(Cl)cc2Br)cc1Br. The summed E-state index contributed by atoms with van der Waals surface area (Å²) in [5, 5.41) is 0.544. The van der Waals surface area contributed by atoms with Gasteiger partial charge in [0.25, 0.3) is 11.8 Å². The molecule has 0 heterocycles. The maximum Gasteiger partial charge on any atom is 0.276 e. The van der Waals surface area contributed by atoms with Crippen LogP contribution < -0.4 is 20.3 Å². The minimum atomic E-state index is -0.508. The number of carbonyl (C=O) groups is 2. The predicted molar refractivity (Wildman–Crippen MR) is 115 cm³/mol. The zero-order valence-electron chi connectivity index (χ0n) is 15.2. The van der Waals surface area contributed by atoms with Crippen molar-refractivity contribution in [3.8, 4) is 11.5 Å². The zero-order valence-corrected chi connectivity index (χ0v) is 19.2. The van der Waals surface area contributed by atoms with Gasteiger partial charge in [-0.2, -0.15) is 0 Å². The number of hydrazine groups is 1. The van der Waals surface area contributed by atoms with Crippen LogP contribution in [0.25, 0.3) is 0 Å². The number of hydrogen-bond acceptors (Lipinski definition) is 4. The van der Waals surface area contributed by atoms with E-state index >= 15 is 0 Å². The Hall–Kier alpha value is -1.77. The molecule has 0 bridgehead atoms. The first kappa shape index (κ1) is 22.5. The summed E-state index contributed by atoms with van der Waals surface area (Å²) in [6.07, 6.45) is 0. The van der Waals surface area contributed by atoms with Crippen molar-refractivity contribution in [1.29, 1.82) is 0 Å². The molecule has 0 fully saturated rings. The molecule has 2 N–H and O–H groups in total. The molecule has 0 saturated carbocycles. The van der Waals surface area contributed by atoms with Crippen LogP contribution in [-0.4, -0.2) is 25.0 Å². The molecule has 0 radical (unpaired) electrons. The van der Waals surface area contributed by atoms with Crippen LogP contribution in [0.4, 0.5) is 0 Å². The molecule has 0 unspecified atom stereocenters. The van der Waals surface area contributed by atoms with Gasteiger partial charge in [-0.15, -0.1) is 0 Å². The van der Waals surface area contributed by atoms with E-state index in [0.717, 1.165) is 0 Å². The lowest BCUT2D eigenvalue weighted by molar-refractivity contribution is -0.123. The van der Waals surface area contributed by atoms with Crippen LogP contribution in [0.2, 0.25) is 5.02 Å². The van der Waals surface area contributed by atoms with Crippen molar-refractivity contribution in [2.24, 2.45) is 5.92 Å². The summed E-state index contributed by atoms with van der Waals surface area (Å²) in [6, 6.07) is 9.88. The first-order valence-corrected chi connectivity index (χ1v) is 10.3. The summed E-state index contributed by atoms with van der Waals surface area (Å²) in [6.45, 7) is 4.40. The van der Waals surface area contributed by atoms with E-state index in [-0.39, 0.29) is 6.61 Å². The molecule has 6 nitrogen and oxygen atoms in total. The van der Waals surface area contributed by atoms with Gasteiger partial charge in [-0.1, -0.05) is 25.4 Å². The minimum absolute atomic E-state index is 0.272. The molecule has 2 aromatic rings. The third-order valence-electron chi connectivity index (χ3n) is 3.33. The molecular formula is C19H19Br2ClN2O4. The fourth-order valence-electron chi connectivity index (χ4n) is 1.99. The highest BCUT2D eigenvalue weighted by molar-refractivity contribution is 9.10. The van der Waals surface area contributed by atoms with E-state index in [1.165, 1.54) is 0 Å². The molecule has 0 aliphatic carbocycles. The van der Waals surface area contributed by atoms with Crippen LogP contribution in [0.1, 0.15) is 24.2 Å². The highest BCUT2D eigenvalue weighted by Crippen LogP contribution is 2.28. The number of rotatable bonds is 7. The second-order valence-electron chi connectivity index (χ2n) is 6.22. The van der Waals surface area contributed by atoms with Crippen molar-refractivity contribution < 1.29 is 19.1 Å². The smallest absolute Gasteiger partial charge is 0.276 e. The maximum absolute atomic E-state index is 12.2. The Bertz CT molecular complexity index is 862. The number of hydrogen-bond donors (Lipinski definition) is 2. The average Bonchev–Trinajstić information content (AvgIpc) is 2.64. The van der Waals surface area contributed by atoms with Gasteiger partial charge in [-0.05, 0) is 74.2 Å². The highest BCUT2D eigenvalue weighted by atomic mass is 79.9. The van der Waals surface area contributed by atoms with Crippen molar-refractivity contribution in [2.75, 3.05) is 13.2 Å². The molecule has 2 amide bonds. The van der Waals surface area contributed by atoms with Gasteiger partial charge in [0.1, 0.15) is 11.5 Å². The molecular weight excluding hydrogens is 515 g/mol. The van der Waals surface area contributed by atoms with Gasteiger partial charge in [-0.3, -0.25) is 20.4 Å². The second-order valence-corrected chi connectivity index (χ2v) is 8.36. The Kier molecular flexibility index (Phi) is 8.59. The number of amides is 2. The molecule has 150 valence electrons. The van der Waals surface area contributed by atoms with Gasteiger partial charge >= 0.3 is 0 Å². The fourth-order valence-corrected chi connectivity index (χ4v) is 3.28. The van der Waals surface area contributed by atoms with Crippen LogP contribution in [0.15, 0.2) is 45.3 Å². The largest absolute Gasteiger partial charge is 0.492 e. The molecule has 0 spiro atoms. The molecule has 28 heavy (non-hydrogen) atoms. The van der Waals surface area contributed by atoms with Crippen LogP contribution in [0, 0.1) is 5.92 Å². The van der Waals surface area contributed by atoms with Crippen LogP contribution in [0.3, 0.4) is 0 Å². The Morgan fingerprint density at radius 3 is 2.29 bits per heavy atom. The topological polar surface area (TPSA) is 76.7 Å². The van der Waals surface area contributed by atoms with Crippen molar-refractivity contribution in [2.45, 2.75) is 13.8 Å². The number of nitrogens with one attached hydrogen (secondary N) is 2. The van der Waals surface area contributed by atoms with E-state index < -0.39 is 11.8 Å². The van der Waals surface area contributed by atoms with Gasteiger partial charge in [0.2, 0.25) is 0 Å². The summed E-state index contributed by atoms with van der Waals surface area (Å²) < 4.78 is 12.3. The third-order valence-corrected chi connectivity index (χ3v) is 4.81. The summed E-state index contributed by atoms with van der Waals surface area (Å²) >= 11 is 12.5. The fraction of sp³-hybridized carbons (Fsp3) is 0.263. The van der Waals surface area contributed by atoms with E-state index in [9.17, 15) is 9.59 Å². The zero-order chi connectivity index (χ0) is 20.7. The number of benzene rings is 2. The molecule has 2 rings (SSSR count). The minimum Gasteiger partial charge on any atom is -0.492 e. The standard InChI is InChI=1S/C19H19Br2ClN2O4/c1-11(2)9-27-16-5-3-12(7-14(16)20)19(26)24-23-18(25)10-28-17-6-4-13(22)8-15(17)21/h3-8,11H,9-10H2,1-2H3,(H,23,25)(H,24,26). The Morgan fingerprint density at radius 1 is 1.00 bits per heavy atom. The highest BCUT2D eigenvalue weighted by Gasteiger charge is 2.12. The summed E-state index contributed by atoms with van der Waals surface area (Å²) in [5.41, 5.74) is 5.01. The first-order chi connectivity index (χ1) is 13.3. The van der Waals surface area contributed by atoms with Gasteiger partial charge in [0, 0.05) is 10.6 Å². The number of ether oxygens (including phenoxy) is 2. The third kappa shape index (κ3) is 7.00. The first-order valence-electron chi connectivity index (χ1n) is 8.35. The van der Waals surface area contributed by atoms with E-state index in [1.54, 1.807) is 36.4 Å². The molecule has 0 aliphatic rings. The molecule has 0 atom stereocenters. The monoisotopic (exact) mass is 532 g/mol. The van der Waals surface area contributed by atoms with Crippen molar-refractivity contribution in [3.05, 3.63) is 55.9 Å². The van der Waals surface area contributed by atoms with E-state index in [2.05, 4.69) is 42.7 Å². The van der Waals surface area contributed by atoms with Crippen LogP contribution >= 0.6 is 43.5 Å². The molecule has 0 aliphatic heterocycles. The number of halogens is 3. The van der Waals surface area contributed by atoms with Crippen molar-refractivity contribution in [1.82, 2.24) is 10.9 Å². The Balaban J connectivity index is 1.84. The lowest BCUT2D eigenvalue weighted by Crippen LogP contribution is -2.43. The molecule has 9 heteroatoms. The van der Waals surface area contributed by atoms with Gasteiger partial charge in [-0.25, -0.2) is 0 Å². The van der Waals surface area contributed by atoms with E-state index in [4.69, 9.17) is 21.1 Å². The quantitative estimate of drug-likeness (QED) is 0.503. The normalized spacial score (nSPS) is 10.5. The summed E-state index contributed by atoms with van der Waals surface area (Å²) in [7, 11) is 0. The van der Waals surface area contributed by atoms with Crippen molar-refractivity contribution in [3.63, 3.8) is 0 Å². The molecule has 0 aromatic heterocycles. The Morgan fingerprint density at radius 2 is 1.64 bits per heavy atom. The summed E-state index contributed by atoms with van der Waals surface area (Å²) in [4.78, 5) is 24.1. The summed E-state index contributed by atoms with van der Waals surface area (Å²) in [5.74, 6) is 0.534. The van der Waals surface area contributed by atoms with E-state index in [0.29, 0.717) is 43.6 Å². The lowest BCUT2D eigenvalue weighted by atomic mass is 10.2. The number of carbonyl (C=O) groups excluding carboxylic acids is 2. The second kappa shape index (κ2) is 10.7. The van der Waals surface area contributed by atoms with Crippen LogP contribution in [0.5, 0.6) is 11.5 Å².